The lowest BCUT2D eigenvalue weighted by Crippen LogP contribution is -2.30. The van der Waals surface area contributed by atoms with Crippen LogP contribution < -0.4 is 10.1 Å². The highest BCUT2D eigenvalue weighted by molar-refractivity contribution is 6.31. The van der Waals surface area contributed by atoms with E-state index in [0.29, 0.717) is 10.5 Å². The second kappa shape index (κ2) is 7.84. The summed E-state index contributed by atoms with van der Waals surface area (Å²) in [5.74, 6) is -1.50. The van der Waals surface area contributed by atoms with Gasteiger partial charge in [-0.15, -0.1) is 0 Å². The van der Waals surface area contributed by atoms with Crippen molar-refractivity contribution in [3.05, 3.63) is 70.9 Å². The predicted octanol–water partition coefficient (Wildman–Crippen LogP) is 3.28. The summed E-state index contributed by atoms with van der Waals surface area (Å²) in [6.07, 6.45) is 0. The molecule has 0 radical (unpaired) electrons. The molecule has 0 aliphatic carbocycles. The topological polar surface area (TPSA) is 88.5 Å². The molecule has 2 N–H and O–H groups in total. The van der Waals surface area contributed by atoms with E-state index in [4.69, 9.17) is 21.4 Å². The van der Waals surface area contributed by atoms with Crippen molar-refractivity contribution >= 4 is 34.4 Å². The average Bonchev–Trinajstić information content (AvgIpc) is 2.64. The molecule has 0 spiro atoms. The summed E-state index contributed by atoms with van der Waals surface area (Å²) in [7, 11) is 0. The van der Waals surface area contributed by atoms with Gasteiger partial charge in [-0.25, -0.2) is 4.98 Å². The van der Waals surface area contributed by atoms with Crippen LogP contribution in [0.3, 0.4) is 0 Å². The smallest absolute Gasteiger partial charge is 0.322 e. The normalized spacial score (nSPS) is 10.5. The van der Waals surface area contributed by atoms with Gasteiger partial charge in [0, 0.05) is 10.4 Å². The molecule has 0 unspecified atom stereocenters. The lowest BCUT2D eigenvalue weighted by atomic mass is 10.1. The van der Waals surface area contributed by atoms with Crippen molar-refractivity contribution in [2.75, 3.05) is 6.54 Å². The molecule has 1 heterocycles. The Bertz CT molecular complexity index is 960. The van der Waals surface area contributed by atoms with Gasteiger partial charge in [0.2, 0.25) is 0 Å². The summed E-state index contributed by atoms with van der Waals surface area (Å²) in [5, 5.41) is 12.3. The fourth-order valence-corrected chi connectivity index (χ4v) is 2.56. The number of carbonyl (C=O) groups excluding carboxylic acids is 1. The highest BCUT2D eigenvalue weighted by Crippen LogP contribution is 2.26. The van der Waals surface area contributed by atoms with E-state index in [2.05, 4.69) is 10.3 Å². The summed E-state index contributed by atoms with van der Waals surface area (Å²) >= 11 is 6.02. The van der Waals surface area contributed by atoms with Gasteiger partial charge in [0.1, 0.15) is 13.2 Å². The van der Waals surface area contributed by atoms with Gasteiger partial charge >= 0.3 is 5.97 Å². The van der Waals surface area contributed by atoms with E-state index in [1.807, 2.05) is 30.3 Å². The molecule has 26 heavy (non-hydrogen) atoms. The molecular formula is C19H15ClN2O4. The van der Waals surface area contributed by atoms with E-state index in [9.17, 15) is 9.59 Å². The second-order valence-electron chi connectivity index (χ2n) is 5.52. The molecule has 2 aromatic carbocycles. The molecule has 0 aliphatic heterocycles. The minimum atomic E-state index is -1.14. The van der Waals surface area contributed by atoms with Gasteiger partial charge in [-0.3, -0.25) is 9.59 Å². The zero-order valence-corrected chi connectivity index (χ0v) is 14.4. The average molecular weight is 371 g/mol. The molecule has 1 amide bonds. The Morgan fingerprint density at radius 2 is 1.88 bits per heavy atom. The first-order chi connectivity index (χ1) is 12.5. The zero-order chi connectivity index (χ0) is 18.5. The number of benzene rings is 2. The molecule has 0 bridgehead atoms. The van der Waals surface area contributed by atoms with E-state index in [1.54, 1.807) is 24.3 Å². The first kappa shape index (κ1) is 17.7. The third-order valence-corrected chi connectivity index (χ3v) is 3.83. The number of pyridine rings is 1. The molecule has 3 rings (SSSR count). The number of hydrogen-bond acceptors (Lipinski definition) is 4. The Morgan fingerprint density at radius 1 is 1.12 bits per heavy atom. The highest BCUT2D eigenvalue weighted by Gasteiger charge is 2.17. The van der Waals surface area contributed by atoms with Crippen molar-refractivity contribution in [1.82, 2.24) is 10.3 Å². The third-order valence-electron chi connectivity index (χ3n) is 3.59. The van der Waals surface area contributed by atoms with E-state index < -0.39 is 18.4 Å². The molecule has 0 saturated carbocycles. The van der Waals surface area contributed by atoms with Gasteiger partial charge in [-0.05, 0) is 29.8 Å². The molecule has 132 valence electrons. The van der Waals surface area contributed by atoms with Crippen LogP contribution in [0.4, 0.5) is 0 Å². The van der Waals surface area contributed by atoms with Crippen molar-refractivity contribution in [2.24, 2.45) is 0 Å². The lowest BCUT2D eigenvalue weighted by molar-refractivity contribution is -0.135. The number of nitrogens with zero attached hydrogens (tertiary/aromatic N) is 1. The fourth-order valence-electron chi connectivity index (χ4n) is 2.38. The number of carboxylic acids is 1. The van der Waals surface area contributed by atoms with Crippen molar-refractivity contribution < 1.29 is 19.4 Å². The number of rotatable bonds is 6. The molecule has 0 aliphatic rings. The number of aliphatic carboxylic acids is 1. The van der Waals surface area contributed by atoms with Crippen LogP contribution in [0.2, 0.25) is 5.02 Å². The van der Waals surface area contributed by atoms with Crippen LogP contribution in [-0.4, -0.2) is 28.5 Å². The van der Waals surface area contributed by atoms with Gasteiger partial charge in [0.05, 0.1) is 5.52 Å². The van der Waals surface area contributed by atoms with E-state index in [0.717, 1.165) is 10.9 Å². The van der Waals surface area contributed by atoms with Crippen molar-refractivity contribution in [3.8, 4) is 5.75 Å². The summed E-state index contributed by atoms with van der Waals surface area (Å²) in [6.45, 7) is -0.259. The summed E-state index contributed by atoms with van der Waals surface area (Å²) < 4.78 is 5.79. The van der Waals surface area contributed by atoms with E-state index >= 15 is 0 Å². The number of amides is 1. The Balaban J connectivity index is 1.94. The van der Waals surface area contributed by atoms with Crippen LogP contribution in [0.1, 0.15) is 16.1 Å². The van der Waals surface area contributed by atoms with Crippen molar-refractivity contribution in [2.45, 2.75) is 6.61 Å². The van der Waals surface area contributed by atoms with Crippen LogP contribution in [0.25, 0.3) is 10.9 Å². The number of carbonyl (C=O) groups is 2. The van der Waals surface area contributed by atoms with Gasteiger partial charge in [0.15, 0.2) is 11.4 Å². The number of ether oxygens (including phenoxy) is 1. The van der Waals surface area contributed by atoms with E-state index in [-0.39, 0.29) is 18.1 Å². The Kier molecular flexibility index (Phi) is 5.34. The number of aromatic nitrogens is 1. The molecular weight excluding hydrogens is 356 g/mol. The highest BCUT2D eigenvalue weighted by atomic mass is 35.5. The van der Waals surface area contributed by atoms with Gasteiger partial charge in [0.25, 0.3) is 5.91 Å². The van der Waals surface area contributed by atoms with Crippen LogP contribution >= 0.6 is 11.6 Å². The first-order valence-corrected chi connectivity index (χ1v) is 8.18. The maximum Gasteiger partial charge on any atom is 0.322 e. The molecule has 3 aromatic rings. The van der Waals surface area contributed by atoms with Gasteiger partial charge in [-0.1, -0.05) is 41.9 Å². The fraction of sp³-hybridized carbons (Fsp3) is 0.105. The van der Waals surface area contributed by atoms with Gasteiger partial charge in [-0.2, -0.15) is 0 Å². The Morgan fingerprint density at radius 3 is 2.62 bits per heavy atom. The lowest BCUT2D eigenvalue weighted by Gasteiger charge is -2.12. The monoisotopic (exact) mass is 370 g/mol. The quantitative estimate of drug-likeness (QED) is 0.695. The Hall–Kier alpha value is -3.12. The second-order valence-corrected chi connectivity index (χ2v) is 5.96. The summed E-state index contributed by atoms with van der Waals surface area (Å²) in [5.41, 5.74) is 1.51. The molecule has 7 heteroatoms. The SMILES string of the molecule is O=C(O)CNC(=O)c1nc2ccc(Cl)cc2cc1OCc1ccccc1. The summed E-state index contributed by atoms with van der Waals surface area (Å²) in [4.78, 5) is 27.4. The molecule has 0 atom stereocenters. The van der Waals surface area contributed by atoms with E-state index in [1.165, 1.54) is 0 Å². The van der Waals surface area contributed by atoms with Gasteiger partial charge < -0.3 is 15.2 Å². The van der Waals surface area contributed by atoms with Crippen LogP contribution in [0.5, 0.6) is 5.75 Å². The first-order valence-electron chi connectivity index (χ1n) is 7.80. The number of halogens is 1. The number of fused-ring (bicyclic) bond motifs is 1. The molecule has 1 aromatic heterocycles. The standard InChI is InChI=1S/C19H15ClN2O4/c20-14-6-7-15-13(8-14)9-16(26-11-12-4-2-1-3-5-12)18(22-15)19(25)21-10-17(23)24/h1-9H,10-11H2,(H,21,25)(H,23,24). The molecule has 0 saturated heterocycles. The largest absolute Gasteiger partial charge is 0.486 e. The molecule has 0 fully saturated rings. The number of carboxylic acid groups (broad SMARTS) is 1. The van der Waals surface area contributed by atoms with Crippen molar-refractivity contribution in [3.63, 3.8) is 0 Å². The van der Waals surface area contributed by atoms with Crippen LogP contribution in [-0.2, 0) is 11.4 Å². The Labute approximate surface area is 154 Å². The minimum Gasteiger partial charge on any atom is -0.486 e. The maximum atomic E-state index is 12.3. The third kappa shape index (κ3) is 4.29. The zero-order valence-electron chi connectivity index (χ0n) is 13.6. The minimum absolute atomic E-state index is 0.0250. The molecule has 6 nitrogen and oxygen atoms in total. The number of nitrogens with one attached hydrogen (secondary N) is 1. The van der Waals surface area contributed by atoms with Crippen LogP contribution in [0.15, 0.2) is 54.6 Å². The maximum absolute atomic E-state index is 12.3. The predicted molar refractivity (Wildman–Crippen MR) is 97.5 cm³/mol. The summed E-state index contributed by atoms with van der Waals surface area (Å²) in [6, 6.07) is 16.2. The van der Waals surface area contributed by atoms with Crippen molar-refractivity contribution in [1.29, 1.82) is 0 Å². The number of hydrogen-bond donors (Lipinski definition) is 2. The van der Waals surface area contributed by atoms with Crippen LogP contribution in [0, 0.1) is 0 Å².